The summed E-state index contributed by atoms with van der Waals surface area (Å²) in [6, 6.07) is 2.34. The fourth-order valence-corrected chi connectivity index (χ4v) is 3.09. The quantitative estimate of drug-likeness (QED) is 0.657. The molecule has 1 aromatic rings. The van der Waals surface area contributed by atoms with Gasteiger partial charge in [-0.2, -0.15) is 0 Å². The summed E-state index contributed by atoms with van der Waals surface area (Å²) < 4.78 is 1.32. The van der Waals surface area contributed by atoms with E-state index >= 15 is 0 Å². The third-order valence-electron chi connectivity index (χ3n) is 2.42. The highest BCUT2D eigenvalue weighted by Crippen LogP contribution is 2.31. The van der Waals surface area contributed by atoms with Crippen molar-refractivity contribution in [2.75, 3.05) is 0 Å². The SMILES string of the molecule is NC(C1=CCCC1)c1csc(I)c1. The fraction of sp³-hybridized carbons (Fsp3) is 0.400. The average Bonchev–Trinajstić information content (AvgIpc) is 2.72. The second-order valence-corrected chi connectivity index (χ2v) is 6.14. The van der Waals surface area contributed by atoms with Crippen molar-refractivity contribution in [2.45, 2.75) is 25.3 Å². The molecular weight excluding hydrogens is 293 g/mol. The molecular formula is C10H12INS. The van der Waals surface area contributed by atoms with Crippen LogP contribution in [-0.2, 0) is 0 Å². The zero-order valence-corrected chi connectivity index (χ0v) is 10.3. The first-order valence-electron chi connectivity index (χ1n) is 4.46. The zero-order valence-electron chi connectivity index (χ0n) is 7.29. The van der Waals surface area contributed by atoms with Gasteiger partial charge in [-0.25, -0.2) is 0 Å². The third kappa shape index (κ3) is 2.14. The van der Waals surface area contributed by atoms with Gasteiger partial charge in [-0.15, -0.1) is 11.3 Å². The van der Waals surface area contributed by atoms with Crippen LogP contribution in [0.1, 0.15) is 30.9 Å². The predicted octanol–water partition coefficient (Wildman–Crippen LogP) is 3.46. The van der Waals surface area contributed by atoms with Gasteiger partial charge in [-0.1, -0.05) is 11.6 Å². The number of rotatable bonds is 2. The van der Waals surface area contributed by atoms with E-state index in [-0.39, 0.29) is 6.04 Å². The summed E-state index contributed by atoms with van der Waals surface area (Å²) in [6.07, 6.45) is 5.98. The molecule has 1 unspecified atom stereocenters. The highest BCUT2D eigenvalue weighted by Gasteiger charge is 2.15. The van der Waals surface area contributed by atoms with Crippen molar-refractivity contribution < 1.29 is 0 Å². The number of hydrogen-bond donors (Lipinski definition) is 1. The average molecular weight is 305 g/mol. The van der Waals surface area contributed by atoms with Crippen LogP contribution in [0.25, 0.3) is 0 Å². The topological polar surface area (TPSA) is 26.0 Å². The van der Waals surface area contributed by atoms with E-state index in [4.69, 9.17) is 5.73 Å². The summed E-state index contributed by atoms with van der Waals surface area (Å²) in [5, 5.41) is 2.17. The standard InChI is InChI=1S/C10H12INS/c11-9-5-8(6-13-9)10(12)7-3-1-2-4-7/h3,5-6,10H,1-2,4,12H2. The van der Waals surface area contributed by atoms with Crippen LogP contribution in [0, 0.1) is 2.88 Å². The van der Waals surface area contributed by atoms with Crippen LogP contribution < -0.4 is 5.73 Å². The molecule has 3 heteroatoms. The molecule has 0 fully saturated rings. The Kier molecular flexibility index (Phi) is 3.06. The largest absolute Gasteiger partial charge is 0.321 e. The Labute approximate surface area is 96.2 Å². The summed E-state index contributed by atoms with van der Waals surface area (Å²) >= 11 is 4.11. The van der Waals surface area contributed by atoms with Crippen LogP contribution in [0.3, 0.4) is 0 Å². The van der Waals surface area contributed by atoms with Crippen molar-refractivity contribution >= 4 is 33.9 Å². The maximum atomic E-state index is 6.15. The molecule has 0 amide bonds. The fourth-order valence-electron chi connectivity index (χ4n) is 1.68. The summed E-state index contributed by atoms with van der Waals surface area (Å²) in [7, 11) is 0. The van der Waals surface area contributed by atoms with E-state index in [0.29, 0.717) is 0 Å². The molecule has 1 aromatic heterocycles. The normalized spacial score (nSPS) is 18.8. The van der Waals surface area contributed by atoms with Crippen LogP contribution in [0.4, 0.5) is 0 Å². The lowest BCUT2D eigenvalue weighted by atomic mass is 10.0. The van der Waals surface area contributed by atoms with Crippen molar-refractivity contribution in [1.82, 2.24) is 0 Å². The second kappa shape index (κ2) is 4.11. The van der Waals surface area contributed by atoms with Crippen molar-refractivity contribution in [3.63, 3.8) is 0 Å². The molecule has 2 rings (SSSR count). The molecule has 1 aliphatic rings. The van der Waals surface area contributed by atoms with Crippen LogP contribution >= 0.6 is 33.9 Å². The van der Waals surface area contributed by atoms with Gasteiger partial charge in [0.15, 0.2) is 0 Å². The van der Waals surface area contributed by atoms with E-state index in [2.05, 4.69) is 40.1 Å². The summed E-state index contributed by atoms with van der Waals surface area (Å²) in [4.78, 5) is 0. The van der Waals surface area contributed by atoms with Gasteiger partial charge in [0, 0.05) is 0 Å². The second-order valence-electron chi connectivity index (χ2n) is 3.33. The molecule has 1 aliphatic carbocycles. The third-order valence-corrected chi connectivity index (χ3v) is 4.23. The van der Waals surface area contributed by atoms with E-state index in [1.807, 2.05) is 0 Å². The van der Waals surface area contributed by atoms with Gasteiger partial charge < -0.3 is 5.73 Å². The lowest BCUT2D eigenvalue weighted by molar-refractivity contribution is 0.787. The van der Waals surface area contributed by atoms with E-state index in [9.17, 15) is 0 Å². The molecule has 0 bridgehead atoms. The minimum Gasteiger partial charge on any atom is -0.321 e. The molecule has 0 aromatic carbocycles. The maximum Gasteiger partial charge on any atom is 0.0656 e. The molecule has 1 heterocycles. The van der Waals surface area contributed by atoms with Crippen LogP contribution in [-0.4, -0.2) is 0 Å². The Morgan fingerprint density at radius 3 is 2.92 bits per heavy atom. The smallest absolute Gasteiger partial charge is 0.0656 e. The summed E-state index contributed by atoms with van der Waals surface area (Å²) in [6.45, 7) is 0. The molecule has 70 valence electrons. The van der Waals surface area contributed by atoms with Gasteiger partial charge in [0.05, 0.1) is 8.93 Å². The Morgan fingerprint density at radius 1 is 1.54 bits per heavy atom. The molecule has 0 saturated carbocycles. The van der Waals surface area contributed by atoms with Crippen molar-refractivity contribution in [3.05, 3.63) is 31.5 Å². The minimum atomic E-state index is 0.155. The van der Waals surface area contributed by atoms with E-state index in [0.717, 1.165) is 0 Å². The van der Waals surface area contributed by atoms with E-state index in [1.54, 1.807) is 11.3 Å². The lowest BCUT2D eigenvalue weighted by Gasteiger charge is -2.10. The highest BCUT2D eigenvalue weighted by atomic mass is 127. The molecule has 0 spiro atoms. The highest BCUT2D eigenvalue weighted by molar-refractivity contribution is 14.1. The number of halogens is 1. The Balaban J connectivity index is 2.16. The van der Waals surface area contributed by atoms with Crippen molar-refractivity contribution in [3.8, 4) is 0 Å². The number of allylic oxidation sites excluding steroid dienone is 1. The first-order valence-corrected chi connectivity index (χ1v) is 6.41. The van der Waals surface area contributed by atoms with Crippen LogP contribution in [0.5, 0.6) is 0 Å². The number of hydrogen-bond acceptors (Lipinski definition) is 2. The number of thiophene rings is 1. The molecule has 1 atom stereocenters. The Hall–Kier alpha value is 0.130. The van der Waals surface area contributed by atoms with Gasteiger partial charge >= 0.3 is 0 Å². The monoisotopic (exact) mass is 305 g/mol. The van der Waals surface area contributed by atoms with Crippen LogP contribution in [0.15, 0.2) is 23.1 Å². The molecule has 0 radical (unpaired) electrons. The van der Waals surface area contributed by atoms with Crippen LogP contribution in [0.2, 0.25) is 0 Å². The maximum absolute atomic E-state index is 6.15. The van der Waals surface area contributed by atoms with Crippen molar-refractivity contribution in [2.24, 2.45) is 5.73 Å². The first-order chi connectivity index (χ1) is 6.27. The molecule has 1 nitrogen and oxygen atoms in total. The predicted molar refractivity (Wildman–Crippen MR) is 65.9 cm³/mol. The molecule has 2 N–H and O–H groups in total. The zero-order chi connectivity index (χ0) is 9.26. The molecule has 0 saturated heterocycles. The van der Waals surface area contributed by atoms with E-state index < -0.39 is 0 Å². The summed E-state index contributed by atoms with van der Waals surface area (Å²) in [5.74, 6) is 0. The Bertz CT molecular complexity index is 329. The van der Waals surface area contributed by atoms with Gasteiger partial charge in [0.1, 0.15) is 0 Å². The first kappa shape index (κ1) is 9.68. The summed E-state index contributed by atoms with van der Waals surface area (Å²) in [5.41, 5.74) is 8.85. The number of nitrogens with two attached hydrogens (primary N) is 1. The lowest BCUT2D eigenvalue weighted by Crippen LogP contribution is -2.10. The van der Waals surface area contributed by atoms with Gasteiger partial charge in [0.25, 0.3) is 0 Å². The Morgan fingerprint density at radius 2 is 2.38 bits per heavy atom. The van der Waals surface area contributed by atoms with E-state index in [1.165, 1.54) is 33.3 Å². The van der Waals surface area contributed by atoms with Crippen molar-refractivity contribution in [1.29, 1.82) is 0 Å². The van der Waals surface area contributed by atoms with Gasteiger partial charge in [0.2, 0.25) is 0 Å². The minimum absolute atomic E-state index is 0.155. The molecule has 13 heavy (non-hydrogen) atoms. The van der Waals surface area contributed by atoms with Gasteiger partial charge in [-0.05, 0) is 58.9 Å². The molecule has 0 aliphatic heterocycles. The van der Waals surface area contributed by atoms with Gasteiger partial charge in [-0.3, -0.25) is 0 Å².